The third kappa shape index (κ3) is 5.33. The van der Waals surface area contributed by atoms with Crippen molar-refractivity contribution >= 4 is 5.97 Å². The Balaban J connectivity index is 1.96. The fourth-order valence-corrected chi connectivity index (χ4v) is 2.26. The first-order valence-electron chi connectivity index (χ1n) is 7.64. The predicted octanol–water partition coefficient (Wildman–Crippen LogP) is 3.99. The van der Waals surface area contributed by atoms with Crippen LogP contribution in [0, 0.1) is 6.92 Å². The Morgan fingerprint density at radius 3 is 2.30 bits per heavy atom. The van der Waals surface area contributed by atoms with Crippen molar-refractivity contribution < 1.29 is 19.4 Å². The van der Waals surface area contributed by atoms with E-state index in [1.54, 1.807) is 6.07 Å². The minimum Gasteiger partial charge on any atom is -0.491 e. The molecule has 2 rings (SSSR count). The van der Waals surface area contributed by atoms with Crippen molar-refractivity contribution in [2.75, 3.05) is 0 Å². The van der Waals surface area contributed by atoms with Gasteiger partial charge in [-0.3, -0.25) is 4.79 Å². The molecule has 0 aromatic heterocycles. The van der Waals surface area contributed by atoms with Gasteiger partial charge in [-0.25, -0.2) is 0 Å². The van der Waals surface area contributed by atoms with Gasteiger partial charge < -0.3 is 14.6 Å². The molecule has 23 heavy (non-hydrogen) atoms. The molecule has 0 atom stereocenters. The van der Waals surface area contributed by atoms with Gasteiger partial charge in [-0.1, -0.05) is 24.3 Å². The average Bonchev–Trinajstić information content (AvgIpc) is 2.47. The van der Waals surface area contributed by atoms with Gasteiger partial charge in [-0.05, 0) is 55.7 Å². The second kappa shape index (κ2) is 7.68. The number of rotatable bonds is 7. The van der Waals surface area contributed by atoms with Crippen LogP contribution in [0.2, 0.25) is 0 Å². The number of aryl methyl sites for hydroxylation is 1. The lowest BCUT2D eigenvalue weighted by molar-refractivity contribution is -0.136. The number of hydrogen-bond acceptors (Lipinski definition) is 3. The van der Waals surface area contributed by atoms with Gasteiger partial charge in [-0.15, -0.1) is 0 Å². The summed E-state index contributed by atoms with van der Waals surface area (Å²) in [6, 6.07) is 13.3. The zero-order valence-corrected chi connectivity index (χ0v) is 13.7. The Hall–Kier alpha value is -2.49. The van der Waals surface area contributed by atoms with E-state index < -0.39 is 5.97 Å². The third-order valence-electron chi connectivity index (χ3n) is 3.28. The summed E-state index contributed by atoms with van der Waals surface area (Å²) < 4.78 is 11.4. The molecule has 0 radical (unpaired) electrons. The van der Waals surface area contributed by atoms with E-state index in [-0.39, 0.29) is 12.5 Å². The molecule has 0 saturated carbocycles. The maximum Gasteiger partial charge on any atom is 0.307 e. The number of ether oxygens (including phenoxy) is 2. The number of aliphatic carboxylic acids is 1. The summed E-state index contributed by atoms with van der Waals surface area (Å²) in [6.07, 6.45) is 0.183. The molecule has 0 spiro atoms. The summed E-state index contributed by atoms with van der Waals surface area (Å²) in [6.45, 7) is 6.36. The smallest absolute Gasteiger partial charge is 0.307 e. The highest BCUT2D eigenvalue weighted by Crippen LogP contribution is 2.21. The lowest BCUT2D eigenvalue weighted by Crippen LogP contribution is -2.05. The van der Waals surface area contributed by atoms with Crippen LogP contribution in [-0.4, -0.2) is 17.2 Å². The molecule has 2 aromatic rings. The van der Waals surface area contributed by atoms with Crippen molar-refractivity contribution in [3.8, 4) is 11.5 Å². The van der Waals surface area contributed by atoms with Crippen LogP contribution in [0.4, 0.5) is 0 Å². The van der Waals surface area contributed by atoms with Gasteiger partial charge in [0.1, 0.15) is 18.1 Å². The van der Waals surface area contributed by atoms with E-state index in [0.717, 1.165) is 28.2 Å². The Labute approximate surface area is 136 Å². The van der Waals surface area contributed by atoms with Crippen LogP contribution in [0.15, 0.2) is 42.5 Å². The van der Waals surface area contributed by atoms with Crippen molar-refractivity contribution in [1.82, 2.24) is 0 Å². The normalized spacial score (nSPS) is 10.6. The SMILES string of the molecule is Cc1cc(CC(=O)O)ccc1OCc1ccc(OC(C)C)cc1. The molecule has 4 nitrogen and oxygen atoms in total. The van der Waals surface area contributed by atoms with E-state index >= 15 is 0 Å². The highest BCUT2D eigenvalue weighted by molar-refractivity contribution is 5.70. The quantitative estimate of drug-likeness (QED) is 0.839. The van der Waals surface area contributed by atoms with E-state index in [9.17, 15) is 4.79 Å². The molecular weight excluding hydrogens is 292 g/mol. The average molecular weight is 314 g/mol. The molecule has 2 aromatic carbocycles. The van der Waals surface area contributed by atoms with E-state index in [0.29, 0.717) is 6.61 Å². The summed E-state index contributed by atoms with van der Waals surface area (Å²) in [5.74, 6) is 0.779. The van der Waals surface area contributed by atoms with Crippen LogP contribution < -0.4 is 9.47 Å². The molecule has 0 aliphatic heterocycles. The van der Waals surface area contributed by atoms with Crippen molar-refractivity contribution in [2.24, 2.45) is 0 Å². The van der Waals surface area contributed by atoms with Gasteiger partial charge in [0.25, 0.3) is 0 Å². The van der Waals surface area contributed by atoms with Gasteiger partial charge >= 0.3 is 5.97 Å². The van der Waals surface area contributed by atoms with Gasteiger partial charge in [0.15, 0.2) is 0 Å². The van der Waals surface area contributed by atoms with E-state index in [4.69, 9.17) is 14.6 Å². The molecule has 0 fully saturated rings. The number of carbonyl (C=O) groups is 1. The van der Waals surface area contributed by atoms with Crippen molar-refractivity contribution in [3.05, 3.63) is 59.2 Å². The maximum absolute atomic E-state index is 10.7. The standard InChI is InChI=1S/C19H22O4/c1-13(2)23-17-7-4-15(5-8-17)12-22-18-9-6-16(10-14(18)3)11-19(20)21/h4-10,13H,11-12H2,1-3H3,(H,20,21). The van der Waals surface area contributed by atoms with Crippen molar-refractivity contribution in [1.29, 1.82) is 0 Å². The van der Waals surface area contributed by atoms with Gasteiger partial charge in [0.05, 0.1) is 12.5 Å². The zero-order chi connectivity index (χ0) is 16.8. The number of carboxylic acids is 1. The summed E-state index contributed by atoms with van der Waals surface area (Å²) in [7, 11) is 0. The van der Waals surface area contributed by atoms with Crippen molar-refractivity contribution in [2.45, 2.75) is 39.9 Å². The van der Waals surface area contributed by atoms with Gasteiger partial charge in [-0.2, -0.15) is 0 Å². The molecule has 0 amide bonds. The van der Waals surface area contributed by atoms with Crippen LogP contribution >= 0.6 is 0 Å². The van der Waals surface area contributed by atoms with Gasteiger partial charge in [0, 0.05) is 0 Å². The first-order valence-corrected chi connectivity index (χ1v) is 7.64. The summed E-state index contributed by atoms with van der Waals surface area (Å²) >= 11 is 0. The minimum atomic E-state index is -0.832. The first kappa shape index (κ1) is 16.9. The summed E-state index contributed by atoms with van der Waals surface area (Å²) in [5.41, 5.74) is 2.76. The molecule has 0 heterocycles. The lowest BCUT2D eigenvalue weighted by atomic mass is 10.1. The van der Waals surface area contributed by atoms with Crippen LogP contribution in [-0.2, 0) is 17.8 Å². The topological polar surface area (TPSA) is 55.8 Å². The van der Waals surface area contributed by atoms with E-state index in [1.165, 1.54) is 0 Å². The fourth-order valence-electron chi connectivity index (χ4n) is 2.26. The molecular formula is C19H22O4. The fraction of sp³-hybridized carbons (Fsp3) is 0.316. The van der Waals surface area contributed by atoms with Crippen LogP contribution in [0.25, 0.3) is 0 Å². The van der Waals surface area contributed by atoms with Crippen LogP contribution in [0.5, 0.6) is 11.5 Å². The van der Waals surface area contributed by atoms with Crippen LogP contribution in [0.3, 0.4) is 0 Å². The molecule has 1 N–H and O–H groups in total. The first-order chi connectivity index (χ1) is 10.9. The van der Waals surface area contributed by atoms with Crippen molar-refractivity contribution in [3.63, 3.8) is 0 Å². The Bertz CT molecular complexity index is 660. The van der Waals surface area contributed by atoms with E-state index in [2.05, 4.69) is 0 Å². The third-order valence-corrected chi connectivity index (χ3v) is 3.28. The molecule has 0 unspecified atom stereocenters. The lowest BCUT2D eigenvalue weighted by Gasteiger charge is -2.12. The molecule has 0 aliphatic carbocycles. The van der Waals surface area contributed by atoms with E-state index in [1.807, 2.05) is 57.2 Å². The molecule has 0 aliphatic rings. The summed E-state index contributed by atoms with van der Waals surface area (Å²) in [4.78, 5) is 10.7. The second-order valence-corrected chi connectivity index (χ2v) is 5.77. The monoisotopic (exact) mass is 314 g/mol. The minimum absolute atomic E-state index is 0.0262. The highest BCUT2D eigenvalue weighted by atomic mass is 16.5. The molecule has 0 bridgehead atoms. The molecule has 0 saturated heterocycles. The predicted molar refractivity (Wildman–Crippen MR) is 89.1 cm³/mol. The molecule has 4 heteroatoms. The van der Waals surface area contributed by atoms with Crippen LogP contribution in [0.1, 0.15) is 30.5 Å². The summed E-state index contributed by atoms with van der Waals surface area (Å²) in [5, 5.41) is 8.81. The molecule has 122 valence electrons. The Kier molecular flexibility index (Phi) is 5.63. The maximum atomic E-state index is 10.7. The number of benzene rings is 2. The Morgan fingerprint density at radius 2 is 1.74 bits per heavy atom. The Morgan fingerprint density at radius 1 is 1.09 bits per heavy atom. The highest BCUT2D eigenvalue weighted by Gasteiger charge is 2.05. The number of hydrogen-bond donors (Lipinski definition) is 1. The zero-order valence-electron chi connectivity index (χ0n) is 13.7. The largest absolute Gasteiger partial charge is 0.491 e. The second-order valence-electron chi connectivity index (χ2n) is 5.77. The van der Waals surface area contributed by atoms with Gasteiger partial charge in [0.2, 0.25) is 0 Å². The number of carboxylic acid groups (broad SMARTS) is 1.